The minimum atomic E-state index is -2.31. The Kier molecular flexibility index (Phi) is 2.97. The average Bonchev–Trinajstić information content (AvgIpc) is 3.29. The van der Waals surface area contributed by atoms with Crippen molar-refractivity contribution in [3.8, 4) is 11.3 Å². The summed E-state index contributed by atoms with van der Waals surface area (Å²) < 4.78 is 47.4. The lowest BCUT2D eigenvalue weighted by Gasteiger charge is -2.17. The number of nitrogens with zero attached hydrogens (tertiary/aromatic N) is 2. The number of fused-ring (bicyclic) bond motifs is 4. The van der Waals surface area contributed by atoms with Gasteiger partial charge in [-0.15, -0.1) is 11.3 Å². The SMILES string of the molecule is [2H]C([2H])([2H])c1ccc2c(n1)oc1c(-c3cc4c(C)c(C([2H])([2H])C(C)(C)C)sc4cn3)cccc12. The fourth-order valence-corrected chi connectivity index (χ4v) is 4.88. The minimum Gasteiger partial charge on any atom is -0.437 e. The molecule has 5 rings (SSSR count). The Hall–Kier alpha value is -2.72. The van der Waals surface area contributed by atoms with Gasteiger partial charge in [-0.2, -0.15) is 0 Å². The molecule has 5 aromatic rings. The van der Waals surface area contributed by atoms with Crippen LogP contribution in [0.25, 0.3) is 43.4 Å². The lowest BCUT2D eigenvalue weighted by Crippen LogP contribution is -2.08. The molecule has 0 aliphatic heterocycles. The second kappa shape index (κ2) is 6.39. The summed E-state index contributed by atoms with van der Waals surface area (Å²) in [6.45, 7) is 5.38. The van der Waals surface area contributed by atoms with Gasteiger partial charge in [-0.3, -0.25) is 4.98 Å². The van der Waals surface area contributed by atoms with Crippen molar-refractivity contribution in [1.82, 2.24) is 9.97 Å². The molecular weight excluding hydrogens is 376 g/mol. The van der Waals surface area contributed by atoms with Gasteiger partial charge in [-0.1, -0.05) is 32.9 Å². The summed E-state index contributed by atoms with van der Waals surface area (Å²) in [7, 11) is 0. The van der Waals surface area contributed by atoms with Crippen molar-refractivity contribution < 1.29 is 11.3 Å². The summed E-state index contributed by atoms with van der Waals surface area (Å²) in [5, 5.41) is 2.55. The van der Waals surface area contributed by atoms with E-state index in [1.807, 2.05) is 52.0 Å². The van der Waals surface area contributed by atoms with E-state index >= 15 is 0 Å². The van der Waals surface area contributed by atoms with E-state index in [0.717, 1.165) is 36.9 Å². The summed E-state index contributed by atoms with van der Waals surface area (Å²) in [6.07, 6.45) is 0.308. The second-order valence-electron chi connectivity index (χ2n) is 8.33. The van der Waals surface area contributed by atoms with Crippen LogP contribution in [-0.2, 0) is 6.37 Å². The minimum absolute atomic E-state index is 0.00491. The third kappa shape index (κ3) is 3.12. The Morgan fingerprint density at radius 1 is 1.14 bits per heavy atom. The van der Waals surface area contributed by atoms with Crippen molar-refractivity contribution in [3.63, 3.8) is 0 Å². The molecule has 0 bridgehead atoms. The first-order valence-electron chi connectivity index (χ1n) is 12.0. The second-order valence-corrected chi connectivity index (χ2v) is 9.38. The normalized spacial score (nSPS) is 15.9. The number of furan rings is 1. The molecule has 4 aromatic heterocycles. The highest BCUT2D eigenvalue weighted by Crippen LogP contribution is 2.39. The van der Waals surface area contributed by atoms with Gasteiger partial charge in [0.25, 0.3) is 0 Å². The van der Waals surface area contributed by atoms with Gasteiger partial charge in [-0.25, -0.2) is 4.98 Å². The molecule has 0 fully saturated rings. The molecule has 0 aliphatic rings. The maximum atomic E-state index is 8.74. The smallest absolute Gasteiger partial charge is 0.227 e. The van der Waals surface area contributed by atoms with Crippen molar-refractivity contribution in [1.29, 1.82) is 0 Å². The van der Waals surface area contributed by atoms with Gasteiger partial charge in [0.2, 0.25) is 5.71 Å². The summed E-state index contributed by atoms with van der Waals surface area (Å²) in [5.41, 5.74) is 2.73. The van der Waals surface area contributed by atoms with E-state index in [2.05, 4.69) is 9.97 Å². The third-order valence-electron chi connectivity index (χ3n) is 4.95. The van der Waals surface area contributed by atoms with E-state index in [9.17, 15) is 0 Å². The summed E-state index contributed by atoms with van der Waals surface area (Å²) in [4.78, 5) is 9.64. The van der Waals surface area contributed by atoms with Crippen molar-refractivity contribution in [2.24, 2.45) is 5.41 Å². The van der Waals surface area contributed by atoms with Gasteiger partial charge >= 0.3 is 0 Å². The molecule has 0 atom stereocenters. The number of pyridine rings is 2. The molecule has 4 heterocycles. The molecule has 0 saturated heterocycles. The number of hydrogen-bond donors (Lipinski definition) is 0. The fraction of sp³-hybridized carbons (Fsp3) is 0.280. The number of thiophene rings is 1. The molecule has 1 aromatic carbocycles. The maximum absolute atomic E-state index is 8.74. The van der Waals surface area contributed by atoms with Crippen LogP contribution in [0.5, 0.6) is 0 Å². The van der Waals surface area contributed by atoms with E-state index in [0.29, 0.717) is 11.3 Å². The third-order valence-corrected chi connectivity index (χ3v) is 6.11. The Morgan fingerprint density at radius 3 is 2.79 bits per heavy atom. The molecule has 0 amide bonds. The van der Waals surface area contributed by atoms with E-state index in [4.69, 9.17) is 11.3 Å². The van der Waals surface area contributed by atoms with Crippen molar-refractivity contribution in [2.45, 2.75) is 40.9 Å². The van der Waals surface area contributed by atoms with E-state index < -0.39 is 18.6 Å². The summed E-state index contributed by atoms with van der Waals surface area (Å²) in [6, 6.07) is 11.0. The van der Waals surface area contributed by atoms with Gasteiger partial charge in [0.1, 0.15) is 5.58 Å². The molecule has 0 N–H and O–H groups in total. The molecule has 0 saturated carbocycles. The Bertz CT molecular complexity index is 1570. The molecule has 0 unspecified atom stereocenters. The molecule has 0 spiro atoms. The first kappa shape index (κ1) is 13.5. The van der Waals surface area contributed by atoms with Gasteiger partial charge in [0.15, 0.2) is 0 Å². The molecule has 0 radical (unpaired) electrons. The lowest BCUT2D eigenvalue weighted by atomic mass is 9.90. The first-order valence-corrected chi connectivity index (χ1v) is 10.3. The summed E-state index contributed by atoms with van der Waals surface area (Å²) >= 11 is 1.45. The van der Waals surface area contributed by atoms with Crippen LogP contribution in [0.2, 0.25) is 0 Å². The zero-order chi connectivity index (χ0) is 24.6. The quantitative estimate of drug-likeness (QED) is 0.306. The van der Waals surface area contributed by atoms with Crippen molar-refractivity contribution in [2.75, 3.05) is 0 Å². The number of para-hydroxylation sites is 1. The van der Waals surface area contributed by atoms with Gasteiger partial charge in [0, 0.05) is 40.0 Å². The monoisotopic (exact) mass is 405 g/mol. The number of aromatic nitrogens is 2. The fourth-order valence-electron chi connectivity index (χ4n) is 3.61. The molecule has 29 heavy (non-hydrogen) atoms. The largest absolute Gasteiger partial charge is 0.437 e. The highest BCUT2D eigenvalue weighted by molar-refractivity contribution is 7.19. The van der Waals surface area contributed by atoms with E-state index in [-0.39, 0.29) is 11.4 Å². The van der Waals surface area contributed by atoms with Crippen LogP contribution < -0.4 is 0 Å². The van der Waals surface area contributed by atoms with Crippen LogP contribution in [0.4, 0.5) is 0 Å². The van der Waals surface area contributed by atoms with E-state index in [1.54, 1.807) is 12.3 Å². The van der Waals surface area contributed by atoms with E-state index in [1.165, 1.54) is 17.4 Å². The average molecular weight is 406 g/mol. The number of aryl methyl sites for hydroxylation is 2. The molecule has 0 aliphatic carbocycles. The lowest BCUT2D eigenvalue weighted by molar-refractivity contribution is 0.414. The van der Waals surface area contributed by atoms with Crippen LogP contribution in [0.3, 0.4) is 0 Å². The zero-order valence-corrected chi connectivity index (χ0v) is 17.6. The maximum Gasteiger partial charge on any atom is 0.227 e. The van der Waals surface area contributed by atoms with Crippen LogP contribution in [0.15, 0.2) is 47.0 Å². The van der Waals surface area contributed by atoms with Crippen molar-refractivity contribution in [3.05, 3.63) is 58.7 Å². The van der Waals surface area contributed by atoms with Gasteiger partial charge in [0.05, 0.1) is 10.4 Å². The Balaban J connectivity index is 1.70. The molecular formula is C25H24N2OS. The van der Waals surface area contributed by atoms with Gasteiger partial charge < -0.3 is 4.42 Å². The molecule has 146 valence electrons. The van der Waals surface area contributed by atoms with Crippen LogP contribution in [-0.4, -0.2) is 9.97 Å². The highest BCUT2D eigenvalue weighted by atomic mass is 32.1. The topological polar surface area (TPSA) is 38.9 Å². The summed E-state index contributed by atoms with van der Waals surface area (Å²) in [5.74, 6) is 0. The predicted octanol–water partition coefficient (Wildman–Crippen LogP) is 7.46. The predicted molar refractivity (Wildman–Crippen MR) is 123 cm³/mol. The highest BCUT2D eigenvalue weighted by Gasteiger charge is 2.19. The Labute approximate surface area is 181 Å². The van der Waals surface area contributed by atoms with Crippen molar-refractivity contribution >= 4 is 43.5 Å². The first-order chi connectivity index (χ1) is 15.8. The zero-order valence-electron chi connectivity index (χ0n) is 21.8. The molecule has 4 heteroatoms. The van der Waals surface area contributed by atoms with Crippen LogP contribution in [0.1, 0.15) is 43.8 Å². The Morgan fingerprint density at radius 2 is 2.00 bits per heavy atom. The van der Waals surface area contributed by atoms with Crippen LogP contribution in [0, 0.1) is 19.2 Å². The number of rotatable bonds is 2. The molecule has 3 nitrogen and oxygen atoms in total. The number of hydrogen-bond acceptors (Lipinski definition) is 4. The van der Waals surface area contributed by atoms with Crippen LogP contribution >= 0.6 is 11.3 Å². The standard InChI is InChI=1S/C25H24N2OS/c1-14-9-10-17-16-7-6-8-18(23(16)28-24(17)27-14)20-11-19-15(2)21(12-25(3,4)5)29-22(19)13-26-20/h6-11,13H,12H2,1-5H3/i1D3,12D2. The van der Waals surface area contributed by atoms with Gasteiger partial charge in [-0.05, 0) is 60.8 Å². The number of benzene rings is 1.